The van der Waals surface area contributed by atoms with E-state index >= 15 is 0 Å². The minimum Gasteiger partial charge on any atom is -0.492 e. The molecule has 0 aliphatic heterocycles. The van der Waals surface area contributed by atoms with Crippen LogP contribution >= 0.6 is 39.5 Å². The van der Waals surface area contributed by atoms with Gasteiger partial charge in [-0.15, -0.1) is 11.3 Å². The van der Waals surface area contributed by atoms with E-state index in [-0.39, 0.29) is 11.0 Å². The summed E-state index contributed by atoms with van der Waals surface area (Å²) in [6.07, 6.45) is 5.94. The van der Waals surface area contributed by atoms with Gasteiger partial charge in [-0.25, -0.2) is 4.79 Å². The number of aryl methyl sites for hydroxylation is 1. The van der Waals surface area contributed by atoms with Crippen molar-refractivity contribution in [2.45, 2.75) is 45.4 Å². The number of methoxy groups -OCH3 is 1. The van der Waals surface area contributed by atoms with E-state index in [0.717, 1.165) is 44.1 Å². The fourth-order valence-electron chi connectivity index (χ4n) is 3.37. The van der Waals surface area contributed by atoms with Gasteiger partial charge in [0, 0.05) is 10.4 Å². The number of carbonyl (C=O) groups is 2. The normalized spacial score (nSPS) is 12.6. The highest BCUT2D eigenvalue weighted by Gasteiger charge is 2.26. The number of thiocarbonyl (C=S) groups is 1. The second-order valence-electron chi connectivity index (χ2n) is 7.16. The third kappa shape index (κ3) is 5.84. The van der Waals surface area contributed by atoms with Gasteiger partial charge in [0.2, 0.25) is 0 Å². The Balaban J connectivity index is 1.68. The van der Waals surface area contributed by atoms with Crippen molar-refractivity contribution in [3.05, 3.63) is 44.2 Å². The van der Waals surface area contributed by atoms with Crippen LogP contribution in [0.25, 0.3) is 0 Å². The van der Waals surface area contributed by atoms with Crippen molar-refractivity contribution in [2.24, 2.45) is 0 Å². The lowest BCUT2D eigenvalue weighted by molar-refractivity contribution is 0.0601. The summed E-state index contributed by atoms with van der Waals surface area (Å²) in [5.74, 6) is -0.0459. The van der Waals surface area contributed by atoms with E-state index in [4.69, 9.17) is 21.7 Å². The molecule has 3 rings (SSSR count). The van der Waals surface area contributed by atoms with Crippen LogP contribution < -0.4 is 15.4 Å². The van der Waals surface area contributed by atoms with Gasteiger partial charge in [0.05, 0.1) is 23.8 Å². The summed E-state index contributed by atoms with van der Waals surface area (Å²) in [5.41, 5.74) is 2.00. The van der Waals surface area contributed by atoms with Gasteiger partial charge in [-0.3, -0.25) is 10.1 Å². The molecule has 0 spiro atoms. The summed E-state index contributed by atoms with van der Waals surface area (Å²) in [6.45, 7) is 2.73. The van der Waals surface area contributed by atoms with Crippen LogP contribution in [0.2, 0.25) is 0 Å². The van der Waals surface area contributed by atoms with Crippen LogP contribution in [-0.2, 0) is 17.6 Å². The summed E-state index contributed by atoms with van der Waals surface area (Å²) in [6, 6.07) is 5.14. The van der Waals surface area contributed by atoms with Crippen molar-refractivity contribution >= 4 is 61.5 Å². The van der Waals surface area contributed by atoms with Crippen LogP contribution in [0.3, 0.4) is 0 Å². The first kappa shape index (κ1) is 23.7. The predicted octanol–water partition coefficient (Wildman–Crippen LogP) is 5.48. The number of benzene rings is 1. The second-order valence-corrected chi connectivity index (χ2v) is 9.53. The average molecular weight is 525 g/mol. The molecule has 1 amide bonds. The minimum absolute atomic E-state index is 0.133. The highest BCUT2D eigenvalue weighted by atomic mass is 79.9. The summed E-state index contributed by atoms with van der Waals surface area (Å²) in [7, 11) is 1.37. The first-order valence-corrected chi connectivity index (χ1v) is 12.2. The summed E-state index contributed by atoms with van der Waals surface area (Å²) < 4.78 is 11.4. The number of hydrogen-bond acceptors (Lipinski definition) is 6. The number of fused-ring (bicyclic) bond motifs is 1. The standard InChI is InChI=1S/C22H25BrN2O4S2/c1-3-4-11-29-16-10-9-13(12-15(16)23)19(26)24-22(30)25-20-18(21(27)28-2)14-7-5-6-8-17(14)31-20/h9-10,12H,3-8,11H2,1-2H3,(H2,24,25,26,30). The van der Waals surface area contributed by atoms with Gasteiger partial charge in [-0.05, 0) is 84.0 Å². The van der Waals surface area contributed by atoms with E-state index < -0.39 is 5.97 Å². The van der Waals surface area contributed by atoms with E-state index in [1.807, 2.05) is 0 Å². The maximum atomic E-state index is 12.7. The molecule has 1 aliphatic rings. The van der Waals surface area contributed by atoms with E-state index in [2.05, 4.69) is 33.5 Å². The summed E-state index contributed by atoms with van der Waals surface area (Å²) in [4.78, 5) is 26.2. The molecule has 1 aromatic carbocycles. The molecule has 0 fully saturated rings. The first-order chi connectivity index (χ1) is 14.9. The highest BCUT2D eigenvalue weighted by Crippen LogP contribution is 2.38. The zero-order valence-corrected chi connectivity index (χ0v) is 20.7. The molecule has 9 heteroatoms. The molecule has 1 aromatic heterocycles. The predicted molar refractivity (Wildman–Crippen MR) is 131 cm³/mol. The van der Waals surface area contributed by atoms with Crippen LogP contribution in [0.5, 0.6) is 5.75 Å². The fourth-order valence-corrected chi connectivity index (χ4v) is 5.40. The zero-order valence-electron chi connectivity index (χ0n) is 17.5. The smallest absolute Gasteiger partial charge is 0.341 e. The number of carbonyl (C=O) groups excluding carboxylic acids is 2. The van der Waals surface area contributed by atoms with Crippen LogP contribution in [0.1, 0.15) is 63.8 Å². The Morgan fingerprint density at radius 3 is 2.74 bits per heavy atom. The maximum absolute atomic E-state index is 12.7. The lowest BCUT2D eigenvalue weighted by atomic mass is 9.95. The van der Waals surface area contributed by atoms with Gasteiger partial charge in [0.15, 0.2) is 5.11 Å². The Bertz CT molecular complexity index is 990. The number of ether oxygens (including phenoxy) is 2. The van der Waals surface area contributed by atoms with Gasteiger partial charge < -0.3 is 14.8 Å². The van der Waals surface area contributed by atoms with Crippen molar-refractivity contribution < 1.29 is 19.1 Å². The lowest BCUT2D eigenvalue weighted by Crippen LogP contribution is -2.34. The highest BCUT2D eigenvalue weighted by molar-refractivity contribution is 9.10. The Kier molecular flexibility index (Phi) is 8.45. The van der Waals surface area contributed by atoms with Gasteiger partial charge >= 0.3 is 5.97 Å². The minimum atomic E-state index is -0.390. The molecular formula is C22H25BrN2O4S2. The van der Waals surface area contributed by atoms with Crippen LogP contribution in [0, 0.1) is 0 Å². The number of unbranched alkanes of at least 4 members (excludes halogenated alkanes) is 1. The number of rotatable bonds is 7. The van der Waals surface area contributed by atoms with E-state index in [0.29, 0.717) is 33.0 Å². The molecule has 31 heavy (non-hydrogen) atoms. The Morgan fingerprint density at radius 2 is 2.03 bits per heavy atom. The SMILES string of the molecule is CCCCOc1ccc(C(=O)NC(=S)Nc2sc3c(c2C(=O)OC)CCCC3)cc1Br. The van der Waals surface area contributed by atoms with Crippen molar-refractivity contribution in [3.63, 3.8) is 0 Å². The number of esters is 1. The van der Waals surface area contributed by atoms with E-state index in [1.54, 1.807) is 18.2 Å². The van der Waals surface area contributed by atoms with Crippen molar-refractivity contribution in [2.75, 3.05) is 19.0 Å². The molecule has 0 saturated carbocycles. The van der Waals surface area contributed by atoms with E-state index in [1.165, 1.54) is 23.3 Å². The molecule has 0 atom stereocenters. The number of hydrogen-bond donors (Lipinski definition) is 2. The van der Waals surface area contributed by atoms with E-state index in [9.17, 15) is 9.59 Å². The molecule has 2 N–H and O–H groups in total. The molecule has 0 radical (unpaired) electrons. The van der Waals surface area contributed by atoms with Crippen molar-refractivity contribution in [1.29, 1.82) is 0 Å². The first-order valence-electron chi connectivity index (χ1n) is 10.2. The van der Waals surface area contributed by atoms with Crippen molar-refractivity contribution in [3.8, 4) is 5.75 Å². The molecule has 1 aliphatic carbocycles. The topological polar surface area (TPSA) is 76.7 Å². The molecule has 0 saturated heterocycles. The summed E-state index contributed by atoms with van der Waals surface area (Å²) >= 11 is 10.3. The van der Waals surface area contributed by atoms with Crippen LogP contribution in [0.15, 0.2) is 22.7 Å². The monoisotopic (exact) mass is 524 g/mol. The average Bonchev–Trinajstić information content (AvgIpc) is 3.11. The number of nitrogens with one attached hydrogen (secondary N) is 2. The molecule has 6 nitrogen and oxygen atoms in total. The Morgan fingerprint density at radius 1 is 1.26 bits per heavy atom. The number of amides is 1. The van der Waals surface area contributed by atoms with Crippen molar-refractivity contribution in [1.82, 2.24) is 5.32 Å². The third-order valence-corrected chi connectivity index (χ3v) is 7.00. The van der Waals surface area contributed by atoms with Gasteiger partial charge in [0.1, 0.15) is 10.8 Å². The Labute approximate surface area is 199 Å². The molecular weight excluding hydrogens is 500 g/mol. The summed E-state index contributed by atoms with van der Waals surface area (Å²) in [5, 5.41) is 6.46. The second kappa shape index (κ2) is 11.1. The number of halogens is 1. The Hall–Kier alpha value is -1.97. The third-order valence-electron chi connectivity index (χ3n) is 4.96. The van der Waals surface area contributed by atoms with Gasteiger partial charge in [-0.1, -0.05) is 13.3 Å². The lowest BCUT2D eigenvalue weighted by Gasteiger charge is -2.13. The molecule has 166 valence electrons. The largest absolute Gasteiger partial charge is 0.492 e. The number of thiophene rings is 1. The fraction of sp³-hybridized carbons (Fsp3) is 0.409. The van der Waals surface area contributed by atoms with Gasteiger partial charge in [0.25, 0.3) is 5.91 Å². The number of anilines is 1. The zero-order chi connectivity index (χ0) is 22.4. The molecule has 0 unspecified atom stereocenters. The molecule has 0 bridgehead atoms. The molecule has 1 heterocycles. The van der Waals surface area contributed by atoms with Crippen LogP contribution in [-0.4, -0.2) is 30.7 Å². The maximum Gasteiger partial charge on any atom is 0.341 e. The van der Waals surface area contributed by atoms with Gasteiger partial charge in [-0.2, -0.15) is 0 Å². The van der Waals surface area contributed by atoms with Crippen LogP contribution in [0.4, 0.5) is 5.00 Å². The quantitative estimate of drug-likeness (QED) is 0.283. The molecule has 2 aromatic rings.